The van der Waals surface area contributed by atoms with Crippen LogP contribution in [0.25, 0.3) is 0 Å². The van der Waals surface area contributed by atoms with E-state index in [-0.39, 0.29) is 6.61 Å². The Bertz CT molecular complexity index is 209. The average molecular weight is 183 g/mol. The maximum atomic E-state index is 10.3. The molecule has 0 rings (SSSR count). The summed E-state index contributed by atoms with van der Waals surface area (Å²) in [5, 5.41) is 4.59. The summed E-state index contributed by atoms with van der Waals surface area (Å²) in [5.74, 6) is 0. The molecule has 0 unspecified atom stereocenters. The summed E-state index contributed by atoms with van der Waals surface area (Å²) in [6, 6.07) is 0. The fourth-order valence-corrected chi connectivity index (χ4v) is 0.731. The highest BCUT2D eigenvalue weighted by Gasteiger charge is 2.19. The Morgan fingerprint density at radius 1 is 1.45 bits per heavy atom. The van der Waals surface area contributed by atoms with Crippen LogP contribution in [0.1, 0.15) is 13.8 Å². The van der Waals surface area contributed by atoms with Gasteiger partial charge >= 0.3 is 10.3 Å². The summed E-state index contributed by atoms with van der Waals surface area (Å²) in [5.41, 5.74) is -0.633. The van der Waals surface area contributed by atoms with Crippen LogP contribution in [-0.2, 0) is 19.2 Å². The molecule has 0 aromatic heterocycles. The molecule has 0 spiro atoms. The molecule has 0 amide bonds. The van der Waals surface area contributed by atoms with E-state index < -0.39 is 15.9 Å². The number of hydrogen-bond donors (Lipinski definition) is 1. The molecular weight excluding hydrogens is 170 g/mol. The number of ether oxygens (including phenoxy) is 1. The Hall–Kier alpha value is -0.170. The Kier molecular flexibility index (Phi) is 3.43. The number of nitrogens with two attached hydrogens (primary N) is 1. The van der Waals surface area contributed by atoms with Crippen molar-refractivity contribution in [3.05, 3.63) is 0 Å². The highest BCUT2D eigenvalue weighted by Crippen LogP contribution is 2.07. The average Bonchev–Trinajstić information content (AvgIpc) is 1.83. The summed E-state index contributed by atoms with van der Waals surface area (Å²) < 4.78 is 29.8. The van der Waals surface area contributed by atoms with Gasteiger partial charge < -0.3 is 4.74 Å². The number of hydrogen-bond acceptors (Lipinski definition) is 4. The summed E-state index contributed by atoms with van der Waals surface area (Å²) in [6.45, 7) is 3.30. The molecule has 0 aromatic carbocycles. The van der Waals surface area contributed by atoms with Crippen molar-refractivity contribution in [2.45, 2.75) is 19.4 Å². The van der Waals surface area contributed by atoms with Gasteiger partial charge in [0.25, 0.3) is 0 Å². The Morgan fingerprint density at radius 3 is 2.18 bits per heavy atom. The second-order valence-electron chi connectivity index (χ2n) is 2.72. The van der Waals surface area contributed by atoms with Crippen molar-refractivity contribution in [3.8, 4) is 0 Å². The Balaban J connectivity index is 3.90. The lowest BCUT2D eigenvalue weighted by atomic mass is 10.2. The molecule has 0 saturated carbocycles. The lowest BCUT2D eigenvalue weighted by Gasteiger charge is -2.21. The van der Waals surface area contributed by atoms with E-state index in [1.807, 2.05) is 0 Å². The first kappa shape index (κ1) is 10.8. The van der Waals surface area contributed by atoms with Crippen LogP contribution < -0.4 is 5.14 Å². The Morgan fingerprint density at radius 2 is 1.91 bits per heavy atom. The van der Waals surface area contributed by atoms with Gasteiger partial charge in [-0.3, -0.25) is 4.18 Å². The molecular formula is C5H13NO4S. The zero-order valence-corrected chi connectivity index (χ0v) is 7.64. The third-order valence-corrected chi connectivity index (χ3v) is 1.57. The smallest absolute Gasteiger partial charge is 0.333 e. The van der Waals surface area contributed by atoms with Gasteiger partial charge in [-0.2, -0.15) is 8.42 Å². The van der Waals surface area contributed by atoms with Gasteiger partial charge in [0.1, 0.15) is 0 Å². The minimum absolute atomic E-state index is 0.0810. The molecule has 0 aliphatic carbocycles. The van der Waals surface area contributed by atoms with Crippen molar-refractivity contribution >= 4 is 10.3 Å². The van der Waals surface area contributed by atoms with Gasteiger partial charge in [-0.05, 0) is 13.8 Å². The van der Waals surface area contributed by atoms with E-state index in [0.717, 1.165) is 0 Å². The maximum absolute atomic E-state index is 10.3. The molecule has 0 aliphatic heterocycles. The van der Waals surface area contributed by atoms with E-state index in [1.165, 1.54) is 7.11 Å². The van der Waals surface area contributed by atoms with Gasteiger partial charge in [0.2, 0.25) is 0 Å². The second kappa shape index (κ2) is 3.48. The summed E-state index contributed by atoms with van der Waals surface area (Å²) >= 11 is 0. The van der Waals surface area contributed by atoms with Gasteiger partial charge in [0.05, 0.1) is 12.2 Å². The maximum Gasteiger partial charge on any atom is 0.333 e. The van der Waals surface area contributed by atoms with Gasteiger partial charge in [-0.15, -0.1) is 0 Å². The fourth-order valence-electron chi connectivity index (χ4n) is 0.283. The van der Waals surface area contributed by atoms with E-state index in [2.05, 4.69) is 9.32 Å². The van der Waals surface area contributed by atoms with Gasteiger partial charge in [-0.1, -0.05) is 0 Å². The first-order chi connectivity index (χ1) is 4.77. The van der Waals surface area contributed by atoms with Crippen molar-refractivity contribution in [1.29, 1.82) is 0 Å². The molecule has 0 radical (unpaired) electrons. The predicted octanol–water partition coefficient (Wildman–Crippen LogP) is -0.368. The molecule has 2 N–H and O–H groups in total. The lowest BCUT2D eigenvalue weighted by Crippen LogP contribution is -2.32. The van der Waals surface area contributed by atoms with Crippen molar-refractivity contribution in [2.75, 3.05) is 13.7 Å². The largest absolute Gasteiger partial charge is 0.376 e. The van der Waals surface area contributed by atoms with Crippen LogP contribution in [0, 0.1) is 0 Å². The molecule has 6 heteroatoms. The van der Waals surface area contributed by atoms with E-state index in [1.54, 1.807) is 13.8 Å². The van der Waals surface area contributed by atoms with Crippen molar-refractivity contribution < 1.29 is 17.3 Å². The first-order valence-corrected chi connectivity index (χ1v) is 4.46. The summed E-state index contributed by atoms with van der Waals surface area (Å²) in [4.78, 5) is 0. The number of methoxy groups -OCH3 is 1. The van der Waals surface area contributed by atoms with E-state index in [0.29, 0.717) is 0 Å². The van der Waals surface area contributed by atoms with Gasteiger partial charge in [0.15, 0.2) is 0 Å². The predicted molar refractivity (Wildman–Crippen MR) is 40.1 cm³/mol. The van der Waals surface area contributed by atoms with E-state index in [4.69, 9.17) is 4.74 Å². The highest BCUT2D eigenvalue weighted by atomic mass is 32.2. The normalized spacial score (nSPS) is 13.5. The highest BCUT2D eigenvalue weighted by molar-refractivity contribution is 7.84. The molecule has 0 heterocycles. The van der Waals surface area contributed by atoms with Crippen LogP contribution in [0.5, 0.6) is 0 Å². The van der Waals surface area contributed by atoms with Crippen LogP contribution in [0.4, 0.5) is 0 Å². The van der Waals surface area contributed by atoms with E-state index in [9.17, 15) is 8.42 Å². The quantitative estimate of drug-likeness (QED) is 0.645. The van der Waals surface area contributed by atoms with Crippen molar-refractivity contribution in [1.82, 2.24) is 0 Å². The molecule has 68 valence electrons. The molecule has 5 nitrogen and oxygen atoms in total. The molecule has 0 saturated heterocycles. The SMILES string of the molecule is COC(C)(C)COS(N)(=O)=O. The minimum Gasteiger partial charge on any atom is -0.376 e. The third kappa shape index (κ3) is 6.24. The summed E-state index contributed by atoms with van der Waals surface area (Å²) in [7, 11) is -2.38. The second-order valence-corrected chi connectivity index (χ2v) is 3.94. The number of rotatable bonds is 4. The first-order valence-electron chi connectivity index (χ1n) is 2.99. The molecule has 0 bridgehead atoms. The zero-order chi connectivity index (χ0) is 9.12. The standard InChI is InChI=1S/C5H13NO4S/c1-5(2,9-3)4-10-11(6,7)8/h4H2,1-3H3,(H2,6,7,8). The third-order valence-electron chi connectivity index (χ3n) is 1.12. The summed E-state index contributed by atoms with van der Waals surface area (Å²) in [6.07, 6.45) is 0. The molecule has 0 aromatic rings. The molecule has 0 fully saturated rings. The van der Waals surface area contributed by atoms with Gasteiger partial charge in [0, 0.05) is 7.11 Å². The molecule has 0 atom stereocenters. The molecule has 11 heavy (non-hydrogen) atoms. The monoisotopic (exact) mass is 183 g/mol. The van der Waals surface area contributed by atoms with Crippen molar-refractivity contribution in [3.63, 3.8) is 0 Å². The van der Waals surface area contributed by atoms with Gasteiger partial charge in [-0.25, -0.2) is 5.14 Å². The fraction of sp³-hybridized carbons (Fsp3) is 1.00. The van der Waals surface area contributed by atoms with Crippen LogP contribution in [0.15, 0.2) is 0 Å². The Labute approximate surface area is 66.7 Å². The molecule has 0 aliphatic rings. The topological polar surface area (TPSA) is 78.6 Å². The van der Waals surface area contributed by atoms with E-state index >= 15 is 0 Å². The zero-order valence-electron chi connectivity index (χ0n) is 6.83. The van der Waals surface area contributed by atoms with Crippen LogP contribution in [-0.4, -0.2) is 27.7 Å². The van der Waals surface area contributed by atoms with Crippen LogP contribution in [0.3, 0.4) is 0 Å². The lowest BCUT2D eigenvalue weighted by molar-refractivity contribution is -0.0129. The van der Waals surface area contributed by atoms with Crippen molar-refractivity contribution in [2.24, 2.45) is 5.14 Å². The van der Waals surface area contributed by atoms with Crippen LogP contribution >= 0.6 is 0 Å². The minimum atomic E-state index is -3.85. The van der Waals surface area contributed by atoms with Crippen LogP contribution in [0.2, 0.25) is 0 Å².